The van der Waals surface area contributed by atoms with Crippen LogP contribution in [-0.4, -0.2) is 61.7 Å². The molecule has 0 saturated heterocycles. The molecule has 0 aliphatic carbocycles. The number of thiophene rings is 1. The highest BCUT2D eigenvalue weighted by molar-refractivity contribution is 8.00. The zero-order valence-electron chi connectivity index (χ0n) is 31.3. The predicted molar refractivity (Wildman–Crippen MR) is 220 cm³/mol. The molecule has 3 N–H and O–H groups in total. The minimum absolute atomic E-state index is 0.0259. The van der Waals surface area contributed by atoms with Crippen LogP contribution in [0, 0.1) is 0 Å². The molecule has 13 heteroatoms. The van der Waals surface area contributed by atoms with Crippen LogP contribution in [0.5, 0.6) is 11.5 Å². The quantitative estimate of drug-likeness (QED) is 0.0556. The lowest BCUT2D eigenvalue weighted by Crippen LogP contribution is -2.30. The number of esters is 1. The molecule has 4 aromatic carbocycles. The van der Waals surface area contributed by atoms with Gasteiger partial charge in [0.2, 0.25) is 5.91 Å². The summed E-state index contributed by atoms with van der Waals surface area (Å²) in [6, 6.07) is 31.0. The number of rotatable bonds is 15. The second-order valence-corrected chi connectivity index (χ2v) is 14.8. The first-order valence-corrected chi connectivity index (χ1v) is 19.8. The third-order valence-electron chi connectivity index (χ3n) is 8.84. The van der Waals surface area contributed by atoms with E-state index in [9.17, 15) is 19.2 Å². The summed E-state index contributed by atoms with van der Waals surface area (Å²) < 4.78 is 16.3. The molecule has 1 aliphatic heterocycles. The second kappa shape index (κ2) is 19.1. The van der Waals surface area contributed by atoms with Gasteiger partial charge in [-0.15, -0.1) is 23.1 Å². The first kappa shape index (κ1) is 39.8. The van der Waals surface area contributed by atoms with Crippen LogP contribution >= 0.6 is 23.1 Å². The molecule has 3 amide bonds. The third-order valence-corrected chi connectivity index (χ3v) is 11.0. The lowest BCUT2D eigenvalue weighted by Gasteiger charge is -2.27. The smallest absolute Gasteiger partial charge is 0.341 e. The van der Waals surface area contributed by atoms with Crippen molar-refractivity contribution in [3.63, 3.8) is 0 Å². The van der Waals surface area contributed by atoms with Crippen molar-refractivity contribution < 1.29 is 33.4 Å². The largest absolute Gasteiger partial charge is 0.497 e. The molecule has 0 unspecified atom stereocenters. The minimum Gasteiger partial charge on any atom is -0.497 e. The van der Waals surface area contributed by atoms with Crippen LogP contribution in [-0.2, 0) is 33.8 Å². The van der Waals surface area contributed by atoms with Gasteiger partial charge < -0.3 is 30.2 Å². The fourth-order valence-electron chi connectivity index (χ4n) is 6.16. The Morgan fingerprint density at radius 2 is 1.64 bits per heavy atom. The number of fused-ring (bicyclic) bond motifs is 1. The molecular weight excluding hydrogens is 749 g/mol. The van der Waals surface area contributed by atoms with E-state index in [4.69, 9.17) is 14.2 Å². The van der Waals surface area contributed by atoms with E-state index in [1.54, 1.807) is 73.7 Å². The fourth-order valence-corrected chi connectivity index (χ4v) is 8.21. The number of thioether (sulfide) groups is 1. The number of amides is 3. The molecule has 0 radical (unpaired) electrons. The molecule has 56 heavy (non-hydrogen) atoms. The summed E-state index contributed by atoms with van der Waals surface area (Å²) in [4.78, 5) is 57.6. The monoisotopic (exact) mass is 790 g/mol. The number of nitrogens with one attached hydrogen (secondary N) is 3. The maximum atomic E-state index is 13.8. The van der Waals surface area contributed by atoms with Gasteiger partial charge in [0.25, 0.3) is 11.8 Å². The Hall–Kier alpha value is -5.89. The van der Waals surface area contributed by atoms with Crippen molar-refractivity contribution in [1.29, 1.82) is 0 Å². The lowest BCUT2D eigenvalue weighted by atomic mass is 10.0. The Labute approximate surface area is 334 Å². The van der Waals surface area contributed by atoms with Gasteiger partial charge in [-0.25, -0.2) is 4.79 Å². The highest BCUT2D eigenvalue weighted by Gasteiger charge is 2.29. The number of hydrogen-bond donors (Lipinski definition) is 3. The molecule has 5 aromatic rings. The van der Waals surface area contributed by atoms with E-state index >= 15 is 0 Å². The van der Waals surface area contributed by atoms with Crippen molar-refractivity contribution in [2.45, 2.75) is 31.3 Å². The molecule has 6 rings (SSSR count). The molecule has 0 bridgehead atoms. The van der Waals surface area contributed by atoms with Crippen molar-refractivity contribution in [3.05, 3.63) is 142 Å². The Balaban J connectivity index is 1.14. The molecule has 0 atom stereocenters. The summed E-state index contributed by atoms with van der Waals surface area (Å²) in [5, 5.41) is 9.08. The van der Waals surface area contributed by atoms with Crippen molar-refractivity contribution in [2.24, 2.45) is 0 Å². The van der Waals surface area contributed by atoms with Crippen LogP contribution in [0.1, 0.15) is 49.2 Å². The summed E-state index contributed by atoms with van der Waals surface area (Å²) in [7, 11) is 3.05. The SMILES string of the molecule is CCOC(=O)c1c(NC(=O)CSc2cccc(NC(=O)/C(=C\c3cc(OC)ccc3OC)NC(=O)c3ccccc3)c2)sc2c1CCN(Cc1ccccc1)C2. The van der Waals surface area contributed by atoms with Crippen molar-refractivity contribution in [1.82, 2.24) is 10.2 Å². The van der Waals surface area contributed by atoms with Crippen LogP contribution in [0.2, 0.25) is 0 Å². The molecule has 0 spiro atoms. The lowest BCUT2D eigenvalue weighted by molar-refractivity contribution is -0.114. The van der Waals surface area contributed by atoms with E-state index in [0.29, 0.717) is 51.8 Å². The number of carbonyl (C=O) groups is 4. The summed E-state index contributed by atoms with van der Waals surface area (Å²) >= 11 is 2.70. The normalized spacial score (nSPS) is 12.6. The first-order chi connectivity index (χ1) is 27.2. The Bertz CT molecular complexity index is 2220. The number of benzene rings is 4. The maximum absolute atomic E-state index is 13.8. The van der Waals surface area contributed by atoms with Gasteiger partial charge in [-0.1, -0.05) is 54.6 Å². The van der Waals surface area contributed by atoms with Crippen LogP contribution in [0.15, 0.2) is 114 Å². The Morgan fingerprint density at radius 3 is 2.38 bits per heavy atom. The average Bonchev–Trinajstić information content (AvgIpc) is 3.57. The second-order valence-electron chi connectivity index (χ2n) is 12.7. The summed E-state index contributed by atoms with van der Waals surface area (Å²) in [5.74, 6) is -0.691. The molecule has 0 fully saturated rings. The van der Waals surface area contributed by atoms with Gasteiger partial charge in [0.1, 0.15) is 22.2 Å². The summed E-state index contributed by atoms with van der Waals surface area (Å²) in [6.45, 7) is 4.24. The van der Waals surface area contributed by atoms with Gasteiger partial charge in [-0.2, -0.15) is 0 Å². The molecule has 0 saturated carbocycles. The van der Waals surface area contributed by atoms with Gasteiger partial charge in [-0.3, -0.25) is 19.3 Å². The Kier molecular flexibility index (Phi) is 13.6. The maximum Gasteiger partial charge on any atom is 0.341 e. The highest BCUT2D eigenvalue weighted by atomic mass is 32.2. The number of ether oxygens (including phenoxy) is 3. The number of carbonyl (C=O) groups excluding carboxylic acids is 4. The first-order valence-electron chi connectivity index (χ1n) is 18.0. The standard InChI is InChI=1S/C43H42N4O7S2/c1-4-54-43(51)39-34-20-21-47(25-28-12-7-5-8-13-28)26-37(34)56-42(39)46-38(48)27-55-33-17-11-16-31(24-33)44-41(50)35(45-40(49)29-14-9-6-10-15-29)23-30-22-32(52-2)18-19-36(30)53-3/h5-19,22-24H,4,20-21,25-27H2,1-3H3,(H,44,50)(H,45,49)(H,46,48)/b35-23+. The molecular formula is C43H42N4O7S2. The van der Waals surface area contributed by atoms with Crippen molar-refractivity contribution >= 4 is 63.6 Å². The van der Waals surface area contributed by atoms with Gasteiger partial charge in [0, 0.05) is 46.2 Å². The van der Waals surface area contributed by atoms with Crippen molar-refractivity contribution in [3.8, 4) is 11.5 Å². The van der Waals surface area contributed by atoms with Crippen LogP contribution < -0.4 is 25.4 Å². The minimum atomic E-state index is -0.575. The number of anilines is 2. The number of methoxy groups -OCH3 is 2. The molecule has 1 aliphatic rings. The fraction of sp³-hybridized carbons (Fsp3) is 0.209. The van der Waals surface area contributed by atoms with Crippen molar-refractivity contribution in [2.75, 3.05) is 43.8 Å². The van der Waals surface area contributed by atoms with E-state index < -0.39 is 17.8 Å². The zero-order valence-corrected chi connectivity index (χ0v) is 32.9. The topological polar surface area (TPSA) is 135 Å². The summed E-state index contributed by atoms with van der Waals surface area (Å²) in [5.41, 5.74) is 3.90. The van der Waals surface area contributed by atoms with Gasteiger partial charge in [0.15, 0.2) is 0 Å². The van der Waals surface area contributed by atoms with Gasteiger partial charge in [0.05, 0.1) is 32.1 Å². The Morgan fingerprint density at radius 1 is 0.875 bits per heavy atom. The van der Waals surface area contributed by atoms with Gasteiger partial charge >= 0.3 is 5.97 Å². The van der Waals surface area contributed by atoms with E-state index in [1.807, 2.05) is 24.3 Å². The molecule has 11 nitrogen and oxygen atoms in total. The molecule has 2 heterocycles. The van der Waals surface area contributed by atoms with E-state index in [2.05, 4.69) is 33.0 Å². The molecule has 288 valence electrons. The van der Waals surface area contributed by atoms with E-state index in [0.717, 1.165) is 28.4 Å². The summed E-state index contributed by atoms with van der Waals surface area (Å²) in [6.07, 6.45) is 2.20. The number of nitrogens with zero attached hydrogens (tertiary/aromatic N) is 1. The van der Waals surface area contributed by atoms with E-state index in [1.165, 1.54) is 49.0 Å². The van der Waals surface area contributed by atoms with E-state index in [-0.39, 0.29) is 24.0 Å². The third kappa shape index (κ3) is 10.2. The van der Waals surface area contributed by atoms with Crippen LogP contribution in [0.3, 0.4) is 0 Å². The van der Waals surface area contributed by atoms with Crippen LogP contribution in [0.4, 0.5) is 10.7 Å². The van der Waals surface area contributed by atoms with Crippen LogP contribution in [0.25, 0.3) is 6.08 Å². The number of hydrogen-bond acceptors (Lipinski definition) is 10. The predicted octanol–water partition coefficient (Wildman–Crippen LogP) is 7.64. The highest BCUT2D eigenvalue weighted by Crippen LogP contribution is 2.38. The average molecular weight is 791 g/mol. The van der Waals surface area contributed by atoms with Gasteiger partial charge in [-0.05, 0) is 79.1 Å². The molecule has 1 aromatic heterocycles. The zero-order chi connectivity index (χ0) is 39.4.